The third kappa shape index (κ3) is 3.04. The third-order valence-electron chi connectivity index (χ3n) is 2.48. The van der Waals surface area contributed by atoms with Crippen LogP contribution in [0.5, 0.6) is 0 Å². The summed E-state index contributed by atoms with van der Waals surface area (Å²) >= 11 is 0. The summed E-state index contributed by atoms with van der Waals surface area (Å²) in [6.45, 7) is 1.99. The molecule has 1 aromatic heterocycles. The van der Waals surface area contributed by atoms with Crippen molar-refractivity contribution in [1.29, 1.82) is 0 Å². The van der Waals surface area contributed by atoms with E-state index in [1.807, 2.05) is 37.3 Å². The topological polar surface area (TPSA) is 80.3 Å². The normalized spacial score (nSPS) is 11.8. The first-order chi connectivity index (χ1) is 8.65. The zero-order valence-corrected chi connectivity index (χ0v) is 10.0. The first kappa shape index (κ1) is 12.0. The third-order valence-corrected chi connectivity index (χ3v) is 2.48. The lowest BCUT2D eigenvalue weighted by atomic mass is 10.2. The maximum atomic E-state index is 10.8. The number of hydrogen-bond acceptors (Lipinski definition) is 3. The number of carbonyl (C=O) groups is 1. The Hall–Kier alpha value is -2.43. The van der Waals surface area contributed by atoms with Gasteiger partial charge in [0, 0.05) is 11.4 Å². The fourth-order valence-electron chi connectivity index (χ4n) is 1.69. The van der Waals surface area contributed by atoms with Gasteiger partial charge in [0.1, 0.15) is 5.76 Å². The van der Waals surface area contributed by atoms with Crippen molar-refractivity contribution in [3.8, 4) is 0 Å². The fourth-order valence-corrected chi connectivity index (χ4v) is 1.69. The average molecular weight is 245 g/mol. The van der Waals surface area contributed by atoms with E-state index in [1.54, 1.807) is 12.3 Å². The number of nitrogens with one attached hydrogen (secondary N) is 2. The summed E-state index contributed by atoms with van der Waals surface area (Å²) in [5.74, 6) is 0.850. The molecule has 0 radical (unpaired) electrons. The van der Waals surface area contributed by atoms with Gasteiger partial charge in [-0.15, -0.1) is 0 Å². The molecule has 0 bridgehead atoms. The van der Waals surface area contributed by atoms with Crippen molar-refractivity contribution in [2.45, 2.75) is 13.0 Å². The maximum absolute atomic E-state index is 10.8. The Kier molecular flexibility index (Phi) is 3.52. The predicted molar refractivity (Wildman–Crippen MR) is 70.4 cm³/mol. The summed E-state index contributed by atoms with van der Waals surface area (Å²) < 4.78 is 5.31. The average Bonchev–Trinajstić information content (AvgIpc) is 2.81. The number of hydrogen-bond donors (Lipinski definition) is 3. The lowest BCUT2D eigenvalue weighted by Gasteiger charge is -2.13. The quantitative estimate of drug-likeness (QED) is 0.774. The number of urea groups is 1. The molecule has 0 spiro atoms. The lowest BCUT2D eigenvalue weighted by Crippen LogP contribution is -2.19. The molecule has 2 amide bonds. The van der Waals surface area contributed by atoms with Crippen LogP contribution in [-0.4, -0.2) is 6.03 Å². The summed E-state index contributed by atoms with van der Waals surface area (Å²) in [5, 5.41) is 5.80. The summed E-state index contributed by atoms with van der Waals surface area (Å²) in [6, 6.07) is 10.5. The van der Waals surface area contributed by atoms with Crippen LogP contribution in [-0.2, 0) is 0 Å². The molecular formula is C13H15N3O2. The van der Waals surface area contributed by atoms with Crippen LogP contribution in [0.2, 0.25) is 0 Å². The Morgan fingerprint density at radius 2 is 2.06 bits per heavy atom. The summed E-state index contributed by atoms with van der Waals surface area (Å²) in [4.78, 5) is 10.8. The molecule has 2 rings (SSSR count). The Morgan fingerprint density at radius 1 is 1.28 bits per heavy atom. The van der Waals surface area contributed by atoms with E-state index in [0.717, 1.165) is 11.4 Å². The van der Waals surface area contributed by atoms with Crippen molar-refractivity contribution in [2.24, 2.45) is 5.73 Å². The second-order valence-electron chi connectivity index (χ2n) is 3.95. The van der Waals surface area contributed by atoms with Crippen molar-refractivity contribution in [3.05, 3.63) is 48.4 Å². The molecule has 5 nitrogen and oxygen atoms in total. The summed E-state index contributed by atoms with van der Waals surface area (Å²) in [5.41, 5.74) is 6.60. The molecule has 18 heavy (non-hydrogen) atoms. The van der Waals surface area contributed by atoms with Crippen LogP contribution < -0.4 is 16.4 Å². The minimum absolute atomic E-state index is 0.0452. The highest BCUT2D eigenvalue weighted by Gasteiger charge is 2.08. The van der Waals surface area contributed by atoms with Crippen molar-refractivity contribution in [1.82, 2.24) is 0 Å². The van der Waals surface area contributed by atoms with Crippen LogP contribution in [0.4, 0.5) is 16.2 Å². The molecule has 1 aromatic carbocycles. The second-order valence-corrected chi connectivity index (χ2v) is 3.95. The molecule has 0 saturated carbocycles. The highest BCUT2D eigenvalue weighted by atomic mass is 16.3. The van der Waals surface area contributed by atoms with E-state index in [4.69, 9.17) is 10.2 Å². The molecule has 0 fully saturated rings. The van der Waals surface area contributed by atoms with Gasteiger partial charge in [0.2, 0.25) is 0 Å². The van der Waals surface area contributed by atoms with Crippen LogP contribution in [0.1, 0.15) is 18.7 Å². The first-order valence-electron chi connectivity index (χ1n) is 5.61. The minimum Gasteiger partial charge on any atom is -0.467 e. The Bertz CT molecular complexity index is 523. The zero-order chi connectivity index (χ0) is 13.0. The number of nitrogens with two attached hydrogens (primary N) is 1. The van der Waals surface area contributed by atoms with E-state index in [-0.39, 0.29) is 6.04 Å². The molecule has 2 aromatic rings. The van der Waals surface area contributed by atoms with E-state index in [1.165, 1.54) is 0 Å². The fraction of sp³-hybridized carbons (Fsp3) is 0.154. The largest absolute Gasteiger partial charge is 0.467 e. The molecule has 1 heterocycles. The van der Waals surface area contributed by atoms with Gasteiger partial charge in [0.05, 0.1) is 12.3 Å². The number of carbonyl (C=O) groups excluding carboxylic acids is 1. The molecule has 4 N–H and O–H groups in total. The monoisotopic (exact) mass is 245 g/mol. The SMILES string of the molecule is CC(Nc1cccc(NC(N)=O)c1)c1ccco1. The van der Waals surface area contributed by atoms with Crippen LogP contribution in [0.3, 0.4) is 0 Å². The molecule has 94 valence electrons. The number of amides is 2. The van der Waals surface area contributed by atoms with Gasteiger partial charge in [0.25, 0.3) is 0 Å². The standard InChI is InChI=1S/C13H15N3O2/c1-9(12-6-3-7-18-12)15-10-4-2-5-11(8-10)16-13(14)17/h2-9,15H,1H3,(H3,14,16,17). The van der Waals surface area contributed by atoms with E-state index < -0.39 is 6.03 Å². The number of primary amides is 1. The molecular weight excluding hydrogens is 230 g/mol. The Balaban J connectivity index is 2.07. The molecule has 0 aliphatic carbocycles. The second kappa shape index (κ2) is 5.27. The highest BCUT2D eigenvalue weighted by molar-refractivity contribution is 5.88. The van der Waals surface area contributed by atoms with Gasteiger partial charge < -0.3 is 20.8 Å². The van der Waals surface area contributed by atoms with Gasteiger partial charge in [0.15, 0.2) is 0 Å². The van der Waals surface area contributed by atoms with Crippen LogP contribution >= 0.6 is 0 Å². The molecule has 0 saturated heterocycles. The van der Waals surface area contributed by atoms with Gasteiger partial charge in [-0.1, -0.05) is 6.07 Å². The van der Waals surface area contributed by atoms with E-state index >= 15 is 0 Å². The van der Waals surface area contributed by atoms with E-state index in [2.05, 4.69) is 10.6 Å². The van der Waals surface area contributed by atoms with Crippen LogP contribution in [0.15, 0.2) is 47.1 Å². The van der Waals surface area contributed by atoms with Crippen LogP contribution in [0, 0.1) is 0 Å². The molecule has 1 unspecified atom stereocenters. The zero-order valence-electron chi connectivity index (χ0n) is 10.0. The van der Waals surface area contributed by atoms with Gasteiger partial charge >= 0.3 is 6.03 Å². The highest BCUT2D eigenvalue weighted by Crippen LogP contribution is 2.21. The summed E-state index contributed by atoms with van der Waals surface area (Å²) in [7, 11) is 0. The Morgan fingerprint density at radius 3 is 2.72 bits per heavy atom. The van der Waals surface area contributed by atoms with Gasteiger partial charge in [-0.2, -0.15) is 0 Å². The Labute approximate surface area is 105 Å². The molecule has 0 aliphatic heterocycles. The van der Waals surface area contributed by atoms with E-state index in [0.29, 0.717) is 5.69 Å². The maximum Gasteiger partial charge on any atom is 0.316 e. The van der Waals surface area contributed by atoms with Gasteiger partial charge in [-0.25, -0.2) is 4.79 Å². The minimum atomic E-state index is -0.578. The molecule has 5 heteroatoms. The number of anilines is 2. The van der Waals surface area contributed by atoms with E-state index in [9.17, 15) is 4.79 Å². The van der Waals surface area contributed by atoms with Gasteiger partial charge in [-0.3, -0.25) is 0 Å². The van der Waals surface area contributed by atoms with Crippen molar-refractivity contribution in [3.63, 3.8) is 0 Å². The van der Waals surface area contributed by atoms with Gasteiger partial charge in [-0.05, 0) is 37.3 Å². The number of rotatable bonds is 4. The number of benzene rings is 1. The first-order valence-corrected chi connectivity index (χ1v) is 5.61. The molecule has 0 aliphatic rings. The van der Waals surface area contributed by atoms with Crippen LogP contribution in [0.25, 0.3) is 0 Å². The smallest absolute Gasteiger partial charge is 0.316 e. The van der Waals surface area contributed by atoms with Crippen molar-refractivity contribution >= 4 is 17.4 Å². The number of furan rings is 1. The summed E-state index contributed by atoms with van der Waals surface area (Å²) in [6.07, 6.45) is 1.64. The molecule has 1 atom stereocenters. The lowest BCUT2D eigenvalue weighted by molar-refractivity contribution is 0.259. The predicted octanol–water partition coefficient (Wildman–Crippen LogP) is 2.94. The van der Waals surface area contributed by atoms with Crippen molar-refractivity contribution < 1.29 is 9.21 Å². The van der Waals surface area contributed by atoms with Crippen molar-refractivity contribution in [2.75, 3.05) is 10.6 Å².